The monoisotopic (exact) mass is 350 g/mol. The first-order valence-corrected chi connectivity index (χ1v) is 10.6. The van der Waals surface area contributed by atoms with Crippen LogP contribution in [-0.2, 0) is 14.6 Å². The fraction of sp³-hybridized carbons (Fsp3) is 0.611. The number of amides is 1. The number of nitrogens with zero attached hydrogens (tertiary/aromatic N) is 2. The standard InChI is InChI=1S/C18H26N2O3S/c1-15-5-2-3-6-17(15)19-8-4-9-20(11-10-19)18(21)13-16-7-12-24(22,23)14-16/h2-3,5-6,16H,4,7-14H2,1H3/t16-/m0/s1. The third-order valence-corrected chi connectivity index (χ3v) is 6.93. The third kappa shape index (κ3) is 4.09. The number of anilines is 1. The van der Waals surface area contributed by atoms with E-state index >= 15 is 0 Å². The van der Waals surface area contributed by atoms with Crippen LogP contribution in [0.4, 0.5) is 5.69 Å². The molecule has 0 saturated carbocycles. The predicted octanol–water partition coefficient (Wildman–Crippen LogP) is 1.86. The molecule has 0 bridgehead atoms. The molecule has 6 heteroatoms. The van der Waals surface area contributed by atoms with Crippen LogP contribution in [0.15, 0.2) is 24.3 Å². The molecule has 1 atom stereocenters. The number of rotatable bonds is 3. The van der Waals surface area contributed by atoms with Crippen molar-refractivity contribution in [3.8, 4) is 0 Å². The highest BCUT2D eigenvalue weighted by molar-refractivity contribution is 7.91. The van der Waals surface area contributed by atoms with Crippen molar-refractivity contribution in [1.29, 1.82) is 0 Å². The second-order valence-electron chi connectivity index (χ2n) is 6.98. The molecule has 0 N–H and O–H groups in total. The fourth-order valence-electron chi connectivity index (χ4n) is 3.74. The summed E-state index contributed by atoms with van der Waals surface area (Å²) in [6, 6.07) is 8.35. The minimum absolute atomic E-state index is 0.0122. The largest absolute Gasteiger partial charge is 0.369 e. The van der Waals surface area contributed by atoms with Gasteiger partial charge in [-0.15, -0.1) is 0 Å². The summed E-state index contributed by atoms with van der Waals surface area (Å²) in [6.07, 6.45) is 1.96. The first-order chi connectivity index (χ1) is 11.4. The van der Waals surface area contributed by atoms with Gasteiger partial charge in [-0.1, -0.05) is 18.2 Å². The van der Waals surface area contributed by atoms with Crippen LogP contribution in [0.5, 0.6) is 0 Å². The minimum atomic E-state index is -2.91. The molecule has 0 aliphatic carbocycles. The summed E-state index contributed by atoms with van der Waals surface area (Å²) < 4.78 is 23.1. The maximum absolute atomic E-state index is 12.5. The molecular weight excluding hydrogens is 324 g/mol. The highest BCUT2D eigenvalue weighted by Gasteiger charge is 2.31. The Morgan fingerprint density at radius 3 is 2.67 bits per heavy atom. The van der Waals surface area contributed by atoms with Gasteiger partial charge in [0.15, 0.2) is 9.84 Å². The number of hydrogen-bond acceptors (Lipinski definition) is 4. The van der Waals surface area contributed by atoms with Gasteiger partial charge in [-0.2, -0.15) is 0 Å². The van der Waals surface area contributed by atoms with Gasteiger partial charge in [0, 0.05) is 38.3 Å². The number of carbonyl (C=O) groups is 1. The second-order valence-corrected chi connectivity index (χ2v) is 9.21. The third-order valence-electron chi connectivity index (χ3n) is 5.09. The molecule has 2 heterocycles. The van der Waals surface area contributed by atoms with Crippen molar-refractivity contribution in [3.05, 3.63) is 29.8 Å². The van der Waals surface area contributed by atoms with E-state index < -0.39 is 9.84 Å². The Kier molecular flexibility index (Phi) is 5.13. The molecule has 1 aromatic carbocycles. The van der Waals surface area contributed by atoms with E-state index in [0.29, 0.717) is 19.4 Å². The highest BCUT2D eigenvalue weighted by atomic mass is 32.2. The quantitative estimate of drug-likeness (QED) is 0.835. The van der Waals surface area contributed by atoms with Crippen LogP contribution in [0.1, 0.15) is 24.8 Å². The van der Waals surface area contributed by atoms with Crippen LogP contribution < -0.4 is 4.90 Å². The van der Waals surface area contributed by atoms with Gasteiger partial charge in [-0.3, -0.25) is 4.79 Å². The van der Waals surface area contributed by atoms with E-state index in [0.717, 1.165) is 26.1 Å². The van der Waals surface area contributed by atoms with Gasteiger partial charge >= 0.3 is 0 Å². The molecule has 1 amide bonds. The normalized spacial score (nSPS) is 24.0. The maximum Gasteiger partial charge on any atom is 0.222 e. The van der Waals surface area contributed by atoms with Gasteiger partial charge in [0.2, 0.25) is 5.91 Å². The van der Waals surface area contributed by atoms with E-state index in [1.165, 1.54) is 11.3 Å². The van der Waals surface area contributed by atoms with Crippen molar-refractivity contribution in [3.63, 3.8) is 0 Å². The maximum atomic E-state index is 12.5. The molecule has 24 heavy (non-hydrogen) atoms. The van der Waals surface area contributed by atoms with Crippen molar-refractivity contribution in [2.24, 2.45) is 5.92 Å². The predicted molar refractivity (Wildman–Crippen MR) is 96.0 cm³/mol. The fourth-order valence-corrected chi connectivity index (χ4v) is 5.60. The molecule has 2 aliphatic heterocycles. The van der Waals surface area contributed by atoms with Crippen molar-refractivity contribution in [1.82, 2.24) is 4.90 Å². The lowest BCUT2D eigenvalue weighted by molar-refractivity contribution is -0.131. The highest BCUT2D eigenvalue weighted by Crippen LogP contribution is 2.24. The van der Waals surface area contributed by atoms with Crippen molar-refractivity contribution >= 4 is 21.4 Å². The van der Waals surface area contributed by atoms with E-state index in [1.54, 1.807) is 0 Å². The summed E-state index contributed by atoms with van der Waals surface area (Å²) in [5.41, 5.74) is 2.50. The lowest BCUT2D eigenvalue weighted by atomic mass is 10.0. The Hall–Kier alpha value is -1.56. The van der Waals surface area contributed by atoms with Crippen LogP contribution in [0.25, 0.3) is 0 Å². The molecule has 1 aromatic rings. The Morgan fingerprint density at radius 2 is 1.96 bits per heavy atom. The van der Waals surface area contributed by atoms with E-state index in [4.69, 9.17) is 0 Å². The molecule has 132 valence electrons. The summed E-state index contributed by atoms with van der Waals surface area (Å²) in [6.45, 7) is 5.38. The summed E-state index contributed by atoms with van der Waals surface area (Å²) >= 11 is 0. The summed E-state index contributed by atoms with van der Waals surface area (Å²) in [7, 11) is -2.91. The number of hydrogen-bond donors (Lipinski definition) is 0. The zero-order chi connectivity index (χ0) is 17.2. The Balaban J connectivity index is 1.57. The summed E-state index contributed by atoms with van der Waals surface area (Å²) in [5.74, 6) is 0.551. The van der Waals surface area contributed by atoms with E-state index in [-0.39, 0.29) is 23.3 Å². The average molecular weight is 350 g/mol. The smallest absolute Gasteiger partial charge is 0.222 e. The molecule has 0 spiro atoms. The summed E-state index contributed by atoms with van der Waals surface area (Å²) in [5, 5.41) is 0. The zero-order valence-electron chi connectivity index (χ0n) is 14.3. The first-order valence-electron chi connectivity index (χ1n) is 8.73. The van der Waals surface area contributed by atoms with E-state index in [9.17, 15) is 13.2 Å². The Bertz CT molecular complexity index is 702. The minimum Gasteiger partial charge on any atom is -0.369 e. The van der Waals surface area contributed by atoms with E-state index in [1.807, 2.05) is 11.0 Å². The van der Waals surface area contributed by atoms with Gasteiger partial charge in [0.05, 0.1) is 11.5 Å². The first kappa shape index (κ1) is 17.3. The number of para-hydroxylation sites is 1. The van der Waals surface area contributed by atoms with Gasteiger partial charge < -0.3 is 9.80 Å². The van der Waals surface area contributed by atoms with Crippen molar-refractivity contribution in [2.45, 2.75) is 26.2 Å². The van der Waals surface area contributed by atoms with E-state index in [2.05, 4.69) is 30.0 Å². The Labute approximate surface area is 144 Å². The van der Waals surface area contributed by atoms with Crippen molar-refractivity contribution in [2.75, 3.05) is 42.6 Å². The van der Waals surface area contributed by atoms with Gasteiger partial charge in [-0.25, -0.2) is 8.42 Å². The number of aryl methyl sites for hydroxylation is 1. The van der Waals surface area contributed by atoms with Crippen molar-refractivity contribution < 1.29 is 13.2 Å². The van der Waals surface area contributed by atoms with Crippen LogP contribution in [0.2, 0.25) is 0 Å². The van der Waals surface area contributed by atoms with Gasteiger partial charge in [-0.05, 0) is 37.3 Å². The SMILES string of the molecule is Cc1ccccc1N1CCCN(C(=O)C[C@@H]2CCS(=O)(=O)C2)CC1. The van der Waals surface area contributed by atoms with Crippen LogP contribution in [0, 0.1) is 12.8 Å². The topological polar surface area (TPSA) is 57.7 Å². The average Bonchev–Trinajstić information content (AvgIpc) is 2.75. The molecule has 2 fully saturated rings. The molecule has 0 unspecified atom stereocenters. The summed E-state index contributed by atoms with van der Waals surface area (Å²) in [4.78, 5) is 16.8. The molecule has 3 rings (SSSR count). The number of sulfone groups is 1. The molecule has 2 saturated heterocycles. The molecule has 0 aromatic heterocycles. The lowest BCUT2D eigenvalue weighted by Gasteiger charge is -2.25. The van der Waals surface area contributed by atoms with Crippen LogP contribution >= 0.6 is 0 Å². The zero-order valence-corrected chi connectivity index (χ0v) is 15.1. The molecule has 2 aliphatic rings. The second kappa shape index (κ2) is 7.13. The van der Waals surface area contributed by atoms with Crippen LogP contribution in [-0.4, -0.2) is 56.9 Å². The molecule has 0 radical (unpaired) electrons. The van der Waals surface area contributed by atoms with Gasteiger partial charge in [0.25, 0.3) is 0 Å². The molecular formula is C18H26N2O3S. The molecule has 5 nitrogen and oxygen atoms in total. The number of benzene rings is 1. The Morgan fingerprint density at radius 1 is 1.17 bits per heavy atom. The van der Waals surface area contributed by atoms with Gasteiger partial charge in [0.1, 0.15) is 0 Å². The lowest BCUT2D eigenvalue weighted by Crippen LogP contribution is -2.36. The van der Waals surface area contributed by atoms with Crippen LogP contribution in [0.3, 0.4) is 0 Å². The number of carbonyl (C=O) groups excluding carboxylic acids is 1.